The number of aromatic nitrogens is 1. The smallest absolute Gasteiger partial charge is 0.245 e. The molecule has 0 aliphatic carbocycles. The fourth-order valence-electron chi connectivity index (χ4n) is 4.14. The van der Waals surface area contributed by atoms with E-state index in [0.29, 0.717) is 13.1 Å². The van der Waals surface area contributed by atoms with Crippen molar-refractivity contribution in [2.24, 2.45) is 5.92 Å². The van der Waals surface area contributed by atoms with Crippen LogP contribution in [-0.4, -0.2) is 82.5 Å². The van der Waals surface area contributed by atoms with Crippen LogP contribution in [0.25, 0.3) is 0 Å². The number of nitrogens with zero attached hydrogens (tertiary/aromatic N) is 2. The number of rotatable bonds is 6. The molecule has 0 unspecified atom stereocenters. The summed E-state index contributed by atoms with van der Waals surface area (Å²) in [6.45, 7) is 5.87. The second-order valence-corrected chi connectivity index (χ2v) is 10.5. The standard InChI is InChI=1S/C26H36N6O5S/c1-16(2)22-26(37)29-20(11-18-7-5-4-6-8-18)24(35)31-23(17(3)33)25(36)27-9-10-32(13-21(34)30-22)12-19-14-38-15-28-19/h4-8,14-17,20,22-23,33H,9-13H2,1-3H3,(H,27,36)(H,29,37)(H,30,34)(H,31,35)/t17-,20+,22-,23+/m1/s1. The molecule has 0 radical (unpaired) electrons. The molecule has 206 valence electrons. The van der Waals surface area contributed by atoms with Crippen LogP contribution in [0, 0.1) is 5.92 Å². The van der Waals surface area contributed by atoms with Crippen molar-refractivity contribution in [1.82, 2.24) is 31.2 Å². The van der Waals surface area contributed by atoms with Gasteiger partial charge in [0.25, 0.3) is 0 Å². The van der Waals surface area contributed by atoms with E-state index in [1.54, 1.807) is 5.51 Å². The molecule has 2 heterocycles. The van der Waals surface area contributed by atoms with Gasteiger partial charge in [-0.1, -0.05) is 44.2 Å². The van der Waals surface area contributed by atoms with Gasteiger partial charge in [0.2, 0.25) is 23.6 Å². The number of hydrogen-bond donors (Lipinski definition) is 5. The van der Waals surface area contributed by atoms with Gasteiger partial charge in [-0.15, -0.1) is 11.3 Å². The lowest BCUT2D eigenvalue weighted by atomic mass is 10.0. The Kier molecular flexibility index (Phi) is 10.7. The lowest BCUT2D eigenvalue weighted by Gasteiger charge is -2.27. The molecular weight excluding hydrogens is 508 g/mol. The second kappa shape index (κ2) is 14.0. The van der Waals surface area contributed by atoms with Crippen LogP contribution in [-0.2, 0) is 32.1 Å². The van der Waals surface area contributed by atoms with E-state index in [2.05, 4.69) is 26.3 Å². The predicted molar refractivity (Wildman–Crippen MR) is 143 cm³/mol. The summed E-state index contributed by atoms with van der Waals surface area (Å²) in [5.41, 5.74) is 3.28. The first-order valence-corrected chi connectivity index (χ1v) is 13.6. The maximum absolute atomic E-state index is 13.3. The van der Waals surface area contributed by atoms with E-state index in [4.69, 9.17) is 0 Å². The van der Waals surface area contributed by atoms with Gasteiger partial charge in [-0.05, 0) is 18.4 Å². The van der Waals surface area contributed by atoms with Crippen LogP contribution in [0.1, 0.15) is 32.0 Å². The summed E-state index contributed by atoms with van der Waals surface area (Å²) >= 11 is 1.44. The van der Waals surface area contributed by atoms with E-state index < -0.39 is 42.0 Å². The molecule has 1 aliphatic heterocycles. The predicted octanol–water partition coefficient (Wildman–Crippen LogP) is -0.191. The Morgan fingerprint density at radius 1 is 1.00 bits per heavy atom. The van der Waals surface area contributed by atoms with Crippen molar-refractivity contribution in [1.29, 1.82) is 0 Å². The first-order valence-electron chi connectivity index (χ1n) is 12.6. The number of hydrogen-bond acceptors (Lipinski definition) is 8. The van der Waals surface area contributed by atoms with Crippen molar-refractivity contribution in [3.8, 4) is 0 Å². The molecule has 0 bridgehead atoms. The molecule has 1 aliphatic rings. The largest absolute Gasteiger partial charge is 0.391 e. The van der Waals surface area contributed by atoms with Crippen molar-refractivity contribution in [3.63, 3.8) is 0 Å². The highest BCUT2D eigenvalue weighted by atomic mass is 32.1. The number of carbonyl (C=O) groups is 4. The Labute approximate surface area is 226 Å². The van der Waals surface area contributed by atoms with Crippen molar-refractivity contribution in [2.45, 2.75) is 58.0 Å². The lowest BCUT2D eigenvalue weighted by Crippen LogP contribution is -2.60. The average Bonchev–Trinajstić information content (AvgIpc) is 3.37. The fraction of sp³-hybridized carbons (Fsp3) is 0.500. The Morgan fingerprint density at radius 3 is 2.37 bits per heavy atom. The minimum Gasteiger partial charge on any atom is -0.391 e. The maximum atomic E-state index is 13.3. The topological polar surface area (TPSA) is 153 Å². The Bertz CT molecular complexity index is 1080. The molecule has 12 heteroatoms. The summed E-state index contributed by atoms with van der Waals surface area (Å²) in [5, 5.41) is 23.1. The first-order chi connectivity index (χ1) is 18.1. The van der Waals surface area contributed by atoms with Crippen LogP contribution in [0.4, 0.5) is 0 Å². The van der Waals surface area contributed by atoms with E-state index >= 15 is 0 Å². The Hall–Kier alpha value is -3.35. The van der Waals surface area contributed by atoms with Crippen LogP contribution in [0.3, 0.4) is 0 Å². The van der Waals surface area contributed by atoms with Gasteiger partial charge in [0.1, 0.15) is 18.1 Å². The number of amides is 4. The number of benzene rings is 1. The monoisotopic (exact) mass is 544 g/mol. The van der Waals surface area contributed by atoms with Crippen molar-refractivity contribution < 1.29 is 24.3 Å². The first kappa shape index (κ1) is 29.2. The molecule has 2 aromatic rings. The van der Waals surface area contributed by atoms with Gasteiger partial charge in [0, 0.05) is 31.4 Å². The SMILES string of the molecule is CC(C)[C@H]1NC(=O)CN(Cc2cscn2)CCNC(=O)[C@H]([C@@H](C)O)NC(=O)[C@H](Cc2ccccc2)NC1=O. The quantitative estimate of drug-likeness (QED) is 0.338. The van der Waals surface area contributed by atoms with E-state index in [-0.39, 0.29) is 31.3 Å². The van der Waals surface area contributed by atoms with Crippen molar-refractivity contribution >= 4 is 35.0 Å². The van der Waals surface area contributed by atoms with Gasteiger partial charge in [-0.2, -0.15) is 0 Å². The molecule has 38 heavy (non-hydrogen) atoms. The maximum Gasteiger partial charge on any atom is 0.245 e. The van der Waals surface area contributed by atoms with Crippen LogP contribution < -0.4 is 21.3 Å². The van der Waals surface area contributed by atoms with Crippen molar-refractivity contribution in [3.05, 3.63) is 52.5 Å². The number of aliphatic hydroxyl groups is 1. The molecule has 0 saturated carbocycles. The summed E-state index contributed by atoms with van der Waals surface area (Å²) in [6.07, 6.45) is -1.02. The van der Waals surface area contributed by atoms with Gasteiger partial charge >= 0.3 is 0 Å². The van der Waals surface area contributed by atoms with E-state index in [0.717, 1.165) is 11.3 Å². The van der Waals surface area contributed by atoms with Crippen LogP contribution in [0.15, 0.2) is 41.2 Å². The molecular formula is C26H36N6O5S. The highest BCUT2D eigenvalue weighted by Gasteiger charge is 2.33. The van der Waals surface area contributed by atoms with Crippen LogP contribution in [0.2, 0.25) is 0 Å². The Balaban J connectivity index is 1.89. The van der Waals surface area contributed by atoms with Gasteiger partial charge in [0.15, 0.2) is 0 Å². The molecule has 1 aromatic heterocycles. The van der Waals surface area contributed by atoms with Gasteiger partial charge in [-0.25, -0.2) is 4.98 Å². The molecule has 0 spiro atoms. The fourth-order valence-corrected chi connectivity index (χ4v) is 4.69. The normalized spacial score (nSPS) is 23.4. The summed E-state index contributed by atoms with van der Waals surface area (Å²) in [5.74, 6) is -2.30. The number of carbonyl (C=O) groups excluding carboxylic acids is 4. The average molecular weight is 545 g/mol. The van der Waals surface area contributed by atoms with Gasteiger partial charge < -0.3 is 26.4 Å². The summed E-state index contributed by atoms with van der Waals surface area (Å²) in [7, 11) is 0. The second-order valence-electron chi connectivity index (χ2n) is 9.75. The summed E-state index contributed by atoms with van der Waals surface area (Å²) in [6, 6.07) is 5.99. The minimum atomic E-state index is -1.23. The molecule has 5 N–H and O–H groups in total. The molecule has 4 atom stereocenters. The highest BCUT2D eigenvalue weighted by molar-refractivity contribution is 7.07. The zero-order chi connectivity index (χ0) is 27.7. The number of aliphatic hydroxyl groups excluding tert-OH is 1. The van der Waals surface area contributed by atoms with Crippen LogP contribution >= 0.6 is 11.3 Å². The Morgan fingerprint density at radius 2 is 1.74 bits per heavy atom. The third-order valence-electron chi connectivity index (χ3n) is 6.21. The molecule has 1 fully saturated rings. The van der Waals surface area contributed by atoms with Gasteiger partial charge in [0.05, 0.1) is 23.9 Å². The molecule has 3 rings (SSSR count). The summed E-state index contributed by atoms with van der Waals surface area (Å²) < 4.78 is 0. The molecule has 1 aromatic carbocycles. The minimum absolute atomic E-state index is 0.0195. The van der Waals surface area contributed by atoms with Crippen LogP contribution in [0.5, 0.6) is 0 Å². The van der Waals surface area contributed by atoms with E-state index in [1.807, 2.05) is 54.5 Å². The number of nitrogens with one attached hydrogen (secondary N) is 4. The third-order valence-corrected chi connectivity index (χ3v) is 6.84. The molecule has 4 amide bonds. The van der Waals surface area contributed by atoms with Crippen molar-refractivity contribution in [2.75, 3.05) is 19.6 Å². The zero-order valence-corrected chi connectivity index (χ0v) is 22.7. The highest BCUT2D eigenvalue weighted by Crippen LogP contribution is 2.09. The van der Waals surface area contributed by atoms with E-state index in [9.17, 15) is 24.3 Å². The lowest BCUT2D eigenvalue weighted by molar-refractivity contribution is -0.135. The third kappa shape index (κ3) is 8.61. The molecule has 1 saturated heterocycles. The summed E-state index contributed by atoms with van der Waals surface area (Å²) in [4.78, 5) is 58.7. The van der Waals surface area contributed by atoms with Gasteiger partial charge in [-0.3, -0.25) is 24.1 Å². The zero-order valence-electron chi connectivity index (χ0n) is 21.8. The molecule has 11 nitrogen and oxygen atoms in total. The number of thiazole rings is 1. The van der Waals surface area contributed by atoms with E-state index in [1.165, 1.54) is 18.3 Å².